The number of nitrogens with one attached hydrogen (secondary N) is 3. The molecule has 4 heterocycles. The number of hydrogen-bond donors (Lipinski definition) is 3. The highest BCUT2D eigenvalue weighted by Crippen LogP contribution is 2.26. The number of aromatic nitrogens is 5. The van der Waals surface area contributed by atoms with Gasteiger partial charge < -0.3 is 15.6 Å². The van der Waals surface area contributed by atoms with E-state index in [0.717, 1.165) is 31.4 Å². The van der Waals surface area contributed by atoms with Gasteiger partial charge in [-0.3, -0.25) is 0 Å². The van der Waals surface area contributed by atoms with Gasteiger partial charge in [-0.1, -0.05) is 0 Å². The lowest BCUT2D eigenvalue weighted by Crippen LogP contribution is -2.38. The molecule has 0 unspecified atom stereocenters. The van der Waals surface area contributed by atoms with E-state index in [4.69, 9.17) is 0 Å². The summed E-state index contributed by atoms with van der Waals surface area (Å²) in [6.45, 7) is 1.84. The van der Waals surface area contributed by atoms with E-state index in [1.807, 2.05) is 6.07 Å². The Kier molecular flexibility index (Phi) is 3.58. The SMILES string of the molecule is Fc1ncc(-c2cnc3[nH]ccc3n2)c(N[C@H]2CCCNC2)n1. The lowest BCUT2D eigenvalue weighted by atomic mass is 10.1. The van der Waals surface area contributed by atoms with Gasteiger partial charge in [-0.25, -0.2) is 15.0 Å². The highest BCUT2D eigenvalue weighted by Gasteiger charge is 2.18. The summed E-state index contributed by atoms with van der Waals surface area (Å²) in [5.74, 6) is 0.454. The first-order valence-electron chi connectivity index (χ1n) is 7.60. The van der Waals surface area contributed by atoms with Crippen molar-refractivity contribution in [2.45, 2.75) is 18.9 Å². The normalized spacial score (nSPS) is 18.2. The molecule has 0 amide bonds. The fourth-order valence-corrected chi connectivity index (χ4v) is 2.79. The zero-order chi connectivity index (χ0) is 15.6. The van der Waals surface area contributed by atoms with Gasteiger partial charge in [0.2, 0.25) is 0 Å². The highest BCUT2D eigenvalue weighted by molar-refractivity contribution is 5.77. The third-order valence-corrected chi connectivity index (χ3v) is 3.93. The second-order valence-corrected chi connectivity index (χ2v) is 5.56. The average Bonchev–Trinajstić information content (AvgIpc) is 3.03. The number of aromatic amines is 1. The molecule has 7 nitrogen and oxygen atoms in total. The van der Waals surface area contributed by atoms with Crippen molar-refractivity contribution in [2.75, 3.05) is 18.4 Å². The lowest BCUT2D eigenvalue weighted by molar-refractivity contribution is 0.476. The summed E-state index contributed by atoms with van der Waals surface area (Å²) in [6, 6.07) is 2.05. The van der Waals surface area contributed by atoms with Gasteiger partial charge in [0.25, 0.3) is 0 Å². The van der Waals surface area contributed by atoms with Crippen molar-refractivity contribution in [1.82, 2.24) is 30.2 Å². The van der Waals surface area contributed by atoms with Crippen molar-refractivity contribution >= 4 is 17.0 Å². The van der Waals surface area contributed by atoms with Crippen molar-refractivity contribution in [3.8, 4) is 11.3 Å². The summed E-state index contributed by atoms with van der Waals surface area (Å²) in [5.41, 5.74) is 2.72. The number of hydrogen-bond acceptors (Lipinski definition) is 6. The van der Waals surface area contributed by atoms with Gasteiger partial charge in [0.1, 0.15) is 11.3 Å². The van der Waals surface area contributed by atoms with Crippen LogP contribution in [0, 0.1) is 6.08 Å². The predicted octanol–water partition coefficient (Wildman–Crippen LogP) is 1.72. The first-order chi connectivity index (χ1) is 11.3. The zero-order valence-electron chi connectivity index (χ0n) is 12.4. The van der Waals surface area contributed by atoms with Crippen LogP contribution in [-0.4, -0.2) is 44.1 Å². The number of halogens is 1. The van der Waals surface area contributed by atoms with Crippen LogP contribution in [0.4, 0.5) is 10.2 Å². The van der Waals surface area contributed by atoms with Crippen LogP contribution < -0.4 is 10.6 Å². The highest BCUT2D eigenvalue weighted by atomic mass is 19.1. The second kappa shape index (κ2) is 5.88. The number of H-pyrrole nitrogens is 1. The smallest absolute Gasteiger partial charge is 0.310 e. The Bertz CT molecular complexity index is 826. The Morgan fingerprint density at radius 1 is 1.22 bits per heavy atom. The van der Waals surface area contributed by atoms with Crippen molar-refractivity contribution < 1.29 is 4.39 Å². The third kappa shape index (κ3) is 2.85. The van der Waals surface area contributed by atoms with Crippen LogP contribution in [-0.2, 0) is 0 Å². The number of nitrogens with zero attached hydrogens (tertiary/aromatic N) is 4. The maximum atomic E-state index is 13.5. The summed E-state index contributed by atoms with van der Waals surface area (Å²) in [7, 11) is 0. The second-order valence-electron chi connectivity index (χ2n) is 5.56. The molecule has 118 valence electrons. The van der Waals surface area contributed by atoms with Gasteiger partial charge in [-0.15, -0.1) is 0 Å². The van der Waals surface area contributed by atoms with E-state index >= 15 is 0 Å². The zero-order valence-corrected chi connectivity index (χ0v) is 12.4. The van der Waals surface area contributed by atoms with Gasteiger partial charge in [0, 0.05) is 25.0 Å². The maximum Gasteiger partial charge on any atom is 0.310 e. The predicted molar refractivity (Wildman–Crippen MR) is 84.4 cm³/mol. The first-order valence-corrected chi connectivity index (χ1v) is 7.60. The van der Waals surface area contributed by atoms with Gasteiger partial charge in [-0.2, -0.15) is 9.37 Å². The molecule has 1 fully saturated rings. The van der Waals surface area contributed by atoms with Crippen molar-refractivity contribution in [1.29, 1.82) is 0 Å². The Labute approximate surface area is 131 Å². The van der Waals surface area contributed by atoms with Crippen LogP contribution >= 0.6 is 0 Å². The summed E-state index contributed by atoms with van der Waals surface area (Å²) < 4.78 is 13.5. The van der Waals surface area contributed by atoms with Crippen LogP contribution in [0.5, 0.6) is 0 Å². The molecule has 0 spiro atoms. The van der Waals surface area contributed by atoms with E-state index in [2.05, 4.69) is 35.6 Å². The molecule has 3 aromatic heterocycles. The monoisotopic (exact) mass is 313 g/mol. The van der Waals surface area contributed by atoms with E-state index in [1.54, 1.807) is 12.4 Å². The fourth-order valence-electron chi connectivity index (χ4n) is 2.79. The van der Waals surface area contributed by atoms with Crippen LogP contribution in [0.1, 0.15) is 12.8 Å². The molecule has 3 aromatic rings. The summed E-state index contributed by atoms with van der Waals surface area (Å²) in [4.78, 5) is 19.4. The third-order valence-electron chi connectivity index (χ3n) is 3.93. The summed E-state index contributed by atoms with van der Waals surface area (Å²) in [6.07, 6.45) is 6.21. The molecule has 0 saturated carbocycles. The van der Waals surface area contributed by atoms with Crippen LogP contribution in [0.3, 0.4) is 0 Å². The number of fused-ring (bicyclic) bond motifs is 1. The van der Waals surface area contributed by atoms with Gasteiger partial charge >= 0.3 is 6.08 Å². The summed E-state index contributed by atoms with van der Waals surface area (Å²) >= 11 is 0. The molecule has 1 atom stereocenters. The summed E-state index contributed by atoms with van der Waals surface area (Å²) in [5, 5.41) is 6.62. The van der Waals surface area contributed by atoms with Crippen molar-refractivity contribution in [2.24, 2.45) is 0 Å². The molecule has 0 aromatic carbocycles. The molecular weight excluding hydrogens is 297 g/mol. The molecule has 0 bridgehead atoms. The molecule has 1 aliphatic rings. The van der Waals surface area contributed by atoms with E-state index in [1.165, 1.54) is 6.20 Å². The van der Waals surface area contributed by atoms with Crippen LogP contribution in [0.25, 0.3) is 22.4 Å². The molecule has 1 aliphatic heterocycles. The first kappa shape index (κ1) is 14.0. The Balaban J connectivity index is 1.71. The lowest BCUT2D eigenvalue weighted by Gasteiger charge is -2.25. The average molecular weight is 313 g/mol. The van der Waals surface area contributed by atoms with Crippen LogP contribution in [0.2, 0.25) is 0 Å². The molecule has 8 heteroatoms. The largest absolute Gasteiger partial charge is 0.365 e. The Morgan fingerprint density at radius 2 is 2.17 bits per heavy atom. The minimum atomic E-state index is -0.754. The quantitative estimate of drug-likeness (QED) is 0.638. The van der Waals surface area contributed by atoms with E-state index in [9.17, 15) is 4.39 Å². The Hall–Kier alpha value is -2.61. The fraction of sp³-hybridized carbons (Fsp3) is 0.333. The molecule has 0 aliphatic carbocycles. The molecular formula is C15H16FN7. The minimum Gasteiger partial charge on any atom is -0.365 e. The van der Waals surface area contributed by atoms with Crippen LogP contribution in [0.15, 0.2) is 24.7 Å². The maximum absolute atomic E-state index is 13.5. The van der Waals surface area contributed by atoms with Gasteiger partial charge in [0.05, 0.1) is 17.5 Å². The number of piperidine rings is 1. The van der Waals surface area contributed by atoms with Crippen molar-refractivity contribution in [3.05, 3.63) is 30.7 Å². The van der Waals surface area contributed by atoms with Gasteiger partial charge in [-0.05, 0) is 25.5 Å². The number of rotatable bonds is 3. The standard InChI is InChI=1S/C15H16FN7/c16-15-20-7-10(12-8-19-14-11(22-12)3-5-18-14)13(23-15)21-9-2-1-4-17-6-9/h3,5,7-9,17H,1-2,4,6H2,(H,18,19)(H,20,21,23)/t9-/m0/s1. The van der Waals surface area contributed by atoms with E-state index in [0.29, 0.717) is 22.7 Å². The Morgan fingerprint density at radius 3 is 3.04 bits per heavy atom. The molecule has 4 rings (SSSR count). The van der Waals surface area contributed by atoms with E-state index in [-0.39, 0.29) is 6.04 Å². The molecule has 1 saturated heterocycles. The molecule has 0 radical (unpaired) electrons. The van der Waals surface area contributed by atoms with E-state index < -0.39 is 6.08 Å². The molecule has 3 N–H and O–H groups in total. The van der Waals surface area contributed by atoms with Gasteiger partial charge in [0.15, 0.2) is 5.65 Å². The topological polar surface area (TPSA) is 91.4 Å². The van der Waals surface area contributed by atoms with Crippen molar-refractivity contribution in [3.63, 3.8) is 0 Å². The molecule has 23 heavy (non-hydrogen) atoms. The number of anilines is 1. The minimum absolute atomic E-state index is 0.209.